The van der Waals surface area contributed by atoms with Gasteiger partial charge in [0.05, 0.1) is 0 Å². The fourth-order valence-electron chi connectivity index (χ4n) is 1.31. The van der Waals surface area contributed by atoms with E-state index < -0.39 is 12.0 Å². The van der Waals surface area contributed by atoms with E-state index in [9.17, 15) is 4.79 Å². The number of carboxylic acid groups (broad SMARTS) is 1. The van der Waals surface area contributed by atoms with Crippen molar-refractivity contribution in [3.05, 3.63) is 0 Å². The van der Waals surface area contributed by atoms with Crippen LogP contribution in [0.3, 0.4) is 0 Å². The van der Waals surface area contributed by atoms with Crippen LogP contribution in [0.25, 0.3) is 0 Å². The molecule has 0 bridgehead atoms. The summed E-state index contributed by atoms with van der Waals surface area (Å²) in [5, 5.41) is 8.40. The molecular formula is C9H17Cl3O2Si. The van der Waals surface area contributed by atoms with Crippen molar-refractivity contribution in [1.82, 2.24) is 0 Å². The summed E-state index contributed by atoms with van der Waals surface area (Å²) in [5.74, 6) is -0.711. The molecule has 0 spiro atoms. The first-order valence-electron chi connectivity index (χ1n) is 5.20. The van der Waals surface area contributed by atoms with Gasteiger partial charge < -0.3 is 5.11 Å². The second-order valence-corrected chi connectivity index (χ2v) is 12.9. The van der Waals surface area contributed by atoms with Crippen molar-refractivity contribution in [3.63, 3.8) is 0 Å². The van der Waals surface area contributed by atoms with Gasteiger partial charge in [-0.1, -0.05) is 32.1 Å². The average Bonchev–Trinajstić information content (AvgIpc) is 2.07. The zero-order valence-corrected chi connectivity index (χ0v) is 11.9. The minimum atomic E-state index is -2.41. The fraction of sp³-hybridized carbons (Fsp3) is 0.889. The highest BCUT2D eigenvalue weighted by Gasteiger charge is 2.23. The number of hydrogen-bond acceptors (Lipinski definition) is 1. The van der Waals surface area contributed by atoms with E-state index in [1.165, 1.54) is 0 Å². The Bertz CT molecular complexity index is 183. The third-order valence-electron chi connectivity index (χ3n) is 2.10. The number of carbonyl (C=O) groups is 1. The Morgan fingerprint density at radius 3 is 1.87 bits per heavy atom. The van der Waals surface area contributed by atoms with Crippen molar-refractivity contribution in [2.24, 2.45) is 0 Å². The summed E-state index contributed by atoms with van der Waals surface area (Å²) in [5.41, 5.74) is 0. The van der Waals surface area contributed by atoms with Gasteiger partial charge in [-0.25, -0.2) is 0 Å². The first-order valence-corrected chi connectivity index (χ1v) is 10.4. The maximum absolute atomic E-state index is 10.2. The lowest BCUT2D eigenvalue weighted by Gasteiger charge is -2.06. The molecule has 0 saturated heterocycles. The Balaban J connectivity index is 3.09. The van der Waals surface area contributed by atoms with Crippen molar-refractivity contribution in [2.45, 2.75) is 51.0 Å². The number of rotatable bonds is 9. The molecule has 0 rings (SSSR count). The summed E-state index contributed by atoms with van der Waals surface area (Å²) < 4.78 is 0. The molecule has 0 aromatic carbocycles. The van der Waals surface area contributed by atoms with Gasteiger partial charge in [0.2, 0.25) is 0 Å². The van der Waals surface area contributed by atoms with Gasteiger partial charge in [-0.2, -0.15) is 0 Å². The zero-order chi connectivity index (χ0) is 11.7. The molecule has 0 radical (unpaired) electrons. The number of halogens is 3. The third kappa shape index (κ3) is 14.6. The van der Waals surface area contributed by atoms with Gasteiger partial charge in [-0.3, -0.25) is 4.79 Å². The van der Waals surface area contributed by atoms with Crippen molar-refractivity contribution < 1.29 is 9.90 Å². The van der Waals surface area contributed by atoms with E-state index >= 15 is 0 Å². The smallest absolute Gasteiger partial charge is 0.341 e. The molecular weight excluding hydrogens is 275 g/mol. The van der Waals surface area contributed by atoms with Crippen molar-refractivity contribution in [3.8, 4) is 0 Å². The Hall–Kier alpha value is 0.557. The van der Waals surface area contributed by atoms with E-state index in [0.717, 1.165) is 44.6 Å². The van der Waals surface area contributed by atoms with Crippen LogP contribution in [-0.4, -0.2) is 17.1 Å². The third-order valence-corrected chi connectivity index (χ3v) is 4.72. The fourth-order valence-corrected chi connectivity index (χ4v) is 3.16. The molecule has 0 amide bonds. The van der Waals surface area contributed by atoms with Crippen LogP contribution in [0.1, 0.15) is 44.9 Å². The standard InChI is InChI=1S/C9H17Cl3O2Si/c10-15(11,12)8-6-4-2-1-3-5-7-9(13)14/h1-8H2,(H,13,14). The second-order valence-electron chi connectivity index (χ2n) is 3.63. The molecule has 2 nitrogen and oxygen atoms in total. The first-order chi connectivity index (χ1) is 6.92. The van der Waals surface area contributed by atoms with E-state index in [4.69, 9.17) is 38.3 Å². The van der Waals surface area contributed by atoms with Crippen molar-refractivity contribution in [2.75, 3.05) is 0 Å². The second kappa shape index (κ2) is 8.68. The quantitative estimate of drug-likeness (QED) is 0.387. The molecule has 0 aliphatic rings. The SMILES string of the molecule is O=C(O)CCCCCCCC[Si](Cl)(Cl)Cl. The molecule has 0 unspecified atom stereocenters. The average molecular weight is 292 g/mol. The Morgan fingerprint density at radius 2 is 1.40 bits per heavy atom. The normalized spacial score (nSPS) is 11.7. The van der Waals surface area contributed by atoms with Gasteiger partial charge in [0.25, 0.3) is 0 Å². The molecule has 0 atom stereocenters. The van der Waals surface area contributed by atoms with Gasteiger partial charge >= 0.3 is 12.0 Å². The Morgan fingerprint density at radius 1 is 0.933 bits per heavy atom. The van der Waals surface area contributed by atoms with E-state index in [1.54, 1.807) is 0 Å². The van der Waals surface area contributed by atoms with Crippen molar-refractivity contribution in [1.29, 1.82) is 0 Å². The number of aliphatic carboxylic acids is 1. The monoisotopic (exact) mass is 290 g/mol. The van der Waals surface area contributed by atoms with Crippen LogP contribution < -0.4 is 0 Å². The summed E-state index contributed by atoms with van der Waals surface area (Å²) in [6.45, 7) is 0. The molecule has 0 aromatic heterocycles. The summed E-state index contributed by atoms with van der Waals surface area (Å²) in [4.78, 5) is 10.2. The number of carboxylic acids is 1. The summed E-state index contributed by atoms with van der Waals surface area (Å²) in [6.07, 6.45) is 6.27. The highest BCUT2D eigenvalue weighted by molar-refractivity contribution is 7.64. The van der Waals surface area contributed by atoms with E-state index in [-0.39, 0.29) is 6.42 Å². The van der Waals surface area contributed by atoms with E-state index in [0.29, 0.717) is 0 Å². The minimum absolute atomic E-state index is 0.279. The number of unbranched alkanes of at least 4 members (excludes halogenated alkanes) is 5. The summed E-state index contributed by atoms with van der Waals surface area (Å²) in [6, 6.07) is -1.68. The number of hydrogen-bond donors (Lipinski definition) is 1. The molecule has 90 valence electrons. The van der Waals surface area contributed by atoms with Crippen LogP contribution in [0.4, 0.5) is 0 Å². The Kier molecular flexibility index (Phi) is 9.00. The molecule has 0 aliphatic heterocycles. The molecule has 0 aromatic rings. The lowest BCUT2D eigenvalue weighted by Crippen LogP contribution is -2.07. The summed E-state index contributed by atoms with van der Waals surface area (Å²) in [7, 11) is 0. The molecule has 0 fully saturated rings. The molecule has 0 heterocycles. The highest BCUT2D eigenvalue weighted by atomic mass is 35.8. The molecule has 0 saturated carbocycles. The van der Waals surface area contributed by atoms with Crippen LogP contribution in [0, 0.1) is 0 Å². The maximum atomic E-state index is 10.2. The highest BCUT2D eigenvalue weighted by Crippen LogP contribution is 2.27. The van der Waals surface area contributed by atoms with Crippen LogP contribution in [0.5, 0.6) is 0 Å². The van der Waals surface area contributed by atoms with E-state index in [2.05, 4.69) is 0 Å². The van der Waals surface area contributed by atoms with E-state index in [1.807, 2.05) is 0 Å². The zero-order valence-electron chi connectivity index (χ0n) is 8.65. The topological polar surface area (TPSA) is 37.3 Å². The minimum Gasteiger partial charge on any atom is -0.481 e. The first kappa shape index (κ1) is 15.6. The molecule has 15 heavy (non-hydrogen) atoms. The summed E-state index contributed by atoms with van der Waals surface area (Å²) >= 11 is 17.2. The van der Waals surface area contributed by atoms with Crippen LogP contribution in [-0.2, 0) is 4.79 Å². The van der Waals surface area contributed by atoms with Gasteiger partial charge in [0.1, 0.15) is 0 Å². The van der Waals surface area contributed by atoms with Crippen LogP contribution in [0.2, 0.25) is 6.04 Å². The maximum Gasteiger partial charge on any atom is 0.341 e. The predicted molar refractivity (Wildman–Crippen MR) is 68.1 cm³/mol. The Labute approximate surface area is 106 Å². The van der Waals surface area contributed by atoms with Gasteiger partial charge in [0.15, 0.2) is 0 Å². The molecule has 0 aliphatic carbocycles. The van der Waals surface area contributed by atoms with Gasteiger partial charge in [-0.05, 0) is 12.5 Å². The lowest BCUT2D eigenvalue weighted by molar-refractivity contribution is -0.137. The van der Waals surface area contributed by atoms with Gasteiger partial charge in [-0.15, -0.1) is 33.2 Å². The van der Waals surface area contributed by atoms with Gasteiger partial charge in [0, 0.05) is 6.42 Å². The largest absolute Gasteiger partial charge is 0.481 e. The van der Waals surface area contributed by atoms with Crippen LogP contribution in [0.15, 0.2) is 0 Å². The molecule has 6 heteroatoms. The lowest BCUT2D eigenvalue weighted by atomic mass is 10.1. The predicted octanol–water partition coefficient (Wildman–Crippen LogP) is 4.46. The van der Waals surface area contributed by atoms with Crippen LogP contribution >= 0.6 is 33.2 Å². The van der Waals surface area contributed by atoms with Crippen molar-refractivity contribution >= 4 is 45.2 Å². The molecule has 1 N–H and O–H groups in total.